The minimum atomic E-state index is 0.0136. The highest BCUT2D eigenvalue weighted by molar-refractivity contribution is 5.86. The number of hydrogen-bond donors (Lipinski definition) is 3. The van der Waals surface area contributed by atoms with E-state index < -0.39 is 0 Å². The van der Waals surface area contributed by atoms with Crippen LogP contribution in [0.4, 0.5) is 0 Å². The predicted octanol–water partition coefficient (Wildman–Crippen LogP) is 2.98. The van der Waals surface area contributed by atoms with E-state index in [0.29, 0.717) is 0 Å². The molecule has 0 aliphatic heterocycles. The van der Waals surface area contributed by atoms with Crippen molar-refractivity contribution in [3.63, 3.8) is 0 Å². The van der Waals surface area contributed by atoms with Crippen molar-refractivity contribution in [2.45, 2.75) is 39.7 Å². The molecule has 2 rings (SSSR count). The molecule has 0 fully saturated rings. The van der Waals surface area contributed by atoms with Gasteiger partial charge in [0, 0.05) is 36.2 Å². The van der Waals surface area contributed by atoms with E-state index in [1.54, 1.807) is 7.05 Å². The molecule has 0 radical (unpaired) electrons. The van der Waals surface area contributed by atoms with Gasteiger partial charge in [0.1, 0.15) is 0 Å². The van der Waals surface area contributed by atoms with Crippen LogP contribution in [0.3, 0.4) is 0 Å². The first kappa shape index (κ1) is 15.4. The molecule has 0 saturated heterocycles. The molecule has 0 amide bonds. The lowest BCUT2D eigenvalue weighted by Crippen LogP contribution is -2.48. The Morgan fingerprint density at radius 3 is 2.71 bits per heavy atom. The molecule has 1 aromatic carbocycles. The lowest BCUT2D eigenvalue weighted by molar-refractivity contribution is 0.501. The Hall–Kier alpha value is -1.97. The van der Waals surface area contributed by atoms with Gasteiger partial charge in [0.15, 0.2) is 5.96 Å². The minimum absolute atomic E-state index is 0.0136. The second-order valence-electron chi connectivity index (χ2n) is 6.44. The van der Waals surface area contributed by atoms with E-state index >= 15 is 0 Å². The summed E-state index contributed by atoms with van der Waals surface area (Å²) in [6.07, 6.45) is 3.08. The summed E-state index contributed by atoms with van der Waals surface area (Å²) in [4.78, 5) is 7.63. The summed E-state index contributed by atoms with van der Waals surface area (Å²) in [6, 6.07) is 6.43. The second kappa shape index (κ2) is 6.20. The third-order valence-electron chi connectivity index (χ3n) is 3.41. The predicted molar refractivity (Wildman–Crippen MR) is 91.0 cm³/mol. The summed E-state index contributed by atoms with van der Waals surface area (Å²) < 4.78 is 0. The number of benzene rings is 1. The average Bonchev–Trinajstić information content (AvgIpc) is 2.81. The summed E-state index contributed by atoms with van der Waals surface area (Å²) in [5.74, 6) is 0.846. The normalized spacial score (nSPS) is 12.7. The zero-order chi connectivity index (χ0) is 15.5. The molecule has 0 aliphatic rings. The molecule has 4 nitrogen and oxygen atoms in total. The summed E-state index contributed by atoms with van der Waals surface area (Å²) >= 11 is 0. The number of nitrogens with one attached hydrogen (secondary N) is 3. The molecule has 0 atom stereocenters. The molecule has 0 bridgehead atoms. The molecule has 4 heteroatoms. The van der Waals surface area contributed by atoms with Crippen LogP contribution in [0.5, 0.6) is 0 Å². The van der Waals surface area contributed by atoms with E-state index in [2.05, 4.69) is 72.7 Å². The van der Waals surface area contributed by atoms with Crippen LogP contribution in [0.15, 0.2) is 29.4 Å². The van der Waals surface area contributed by atoms with Gasteiger partial charge in [0.25, 0.3) is 0 Å². The van der Waals surface area contributed by atoms with Crippen molar-refractivity contribution in [2.24, 2.45) is 4.99 Å². The number of aromatic nitrogens is 1. The van der Waals surface area contributed by atoms with Gasteiger partial charge in [-0.1, -0.05) is 18.2 Å². The van der Waals surface area contributed by atoms with Crippen LogP contribution in [0.1, 0.15) is 31.9 Å². The van der Waals surface area contributed by atoms with Crippen LogP contribution in [0.2, 0.25) is 0 Å². The summed E-state index contributed by atoms with van der Waals surface area (Å²) in [6.45, 7) is 9.37. The molecule has 0 saturated carbocycles. The van der Waals surface area contributed by atoms with E-state index in [1.807, 2.05) is 0 Å². The number of H-pyrrole nitrogens is 1. The summed E-state index contributed by atoms with van der Waals surface area (Å²) in [5.41, 5.74) is 3.88. The van der Waals surface area contributed by atoms with Crippen molar-refractivity contribution in [2.75, 3.05) is 13.6 Å². The summed E-state index contributed by atoms with van der Waals surface area (Å²) in [5, 5.41) is 8.05. The number of nitrogens with zero attached hydrogens (tertiary/aromatic N) is 1. The third-order valence-corrected chi connectivity index (χ3v) is 3.41. The Kier molecular flexibility index (Phi) is 4.56. The van der Waals surface area contributed by atoms with Crippen LogP contribution in [0, 0.1) is 6.92 Å². The number of rotatable bonds is 3. The number of fused-ring (bicyclic) bond motifs is 1. The summed E-state index contributed by atoms with van der Waals surface area (Å²) in [7, 11) is 1.80. The van der Waals surface area contributed by atoms with Crippen LogP contribution >= 0.6 is 0 Å². The van der Waals surface area contributed by atoms with Crippen LogP contribution < -0.4 is 10.6 Å². The maximum absolute atomic E-state index is 4.26. The maximum atomic E-state index is 4.26. The number of para-hydroxylation sites is 1. The molecule has 114 valence electrons. The Balaban J connectivity index is 1.98. The lowest BCUT2D eigenvalue weighted by Gasteiger charge is -2.23. The Labute approximate surface area is 127 Å². The lowest BCUT2D eigenvalue weighted by atomic mass is 10.1. The molecule has 0 unspecified atom stereocenters. The van der Waals surface area contributed by atoms with Gasteiger partial charge in [-0.25, -0.2) is 0 Å². The van der Waals surface area contributed by atoms with Crippen molar-refractivity contribution in [1.29, 1.82) is 0 Å². The van der Waals surface area contributed by atoms with Crippen LogP contribution in [0.25, 0.3) is 10.9 Å². The fourth-order valence-electron chi connectivity index (χ4n) is 2.42. The largest absolute Gasteiger partial charge is 0.361 e. The van der Waals surface area contributed by atoms with Crippen LogP contribution in [-0.2, 0) is 6.42 Å². The molecule has 1 heterocycles. The Morgan fingerprint density at radius 1 is 1.29 bits per heavy atom. The van der Waals surface area contributed by atoms with Crippen LogP contribution in [-0.4, -0.2) is 30.1 Å². The SMILES string of the molecule is CN=C(NCCc1c[nH]c2c(C)cccc12)NC(C)(C)C. The van der Waals surface area contributed by atoms with Crippen molar-refractivity contribution in [1.82, 2.24) is 15.6 Å². The van der Waals surface area contributed by atoms with Crippen molar-refractivity contribution >= 4 is 16.9 Å². The average molecular weight is 286 g/mol. The zero-order valence-corrected chi connectivity index (χ0v) is 13.7. The Morgan fingerprint density at radius 2 is 2.05 bits per heavy atom. The van der Waals surface area contributed by atoms with Gasteiger partial charge < -0.3 is 15.6 Å². The van der Waals surface area contributed by atoms with Gasteiger partial charge in [0.2, 0.25) is 0 Å². The minimum Gasteiger partial charge on any atom is -0.361 e. The topological polar surface area (TPSA) is 52.2 Å². The fraction of sp³-hybridized carbons (Fsp3) is 0.471. The monoisotopic (exact) mass is 286 g/mol. The smallest absolute Gasteiger partial charge is 0.191 e. The Bertz CT molecular complexity index is 632. The maximum Gasteiger partial charge on any atom is 0.191 e. The van der Waals surface area contributed by atoms with Crippen molar-refractivity contribution < 1.29 is 0 Å². The van der Waals surface area contributed by atoms with Gasteiger partial charge in [-0.2, -0.15) is 0 Å². The number of guanidine groups is 1. The van der Waals surface area contributed by atoms with E-state index in [-0.39, 0.29) is 5.54 Å². The molecular weight excluding hydrogens is 260 g/mol. The first-order valence-corrected chi connectivity index (χ1v) is 7.45. The second-order valence-corrected chi connectivity index (χ2v) is 6.44. The molecule has 1 aromatic heterocycles. The zero-order valence-electron chi connectivity index (χ0n) is 13.7. The number of hydrogen-bond acceptors (Lipinski definition) is 1. The highest BCUT2D eigenvalue weighted by atomic mass is 15.2. The van der Waals surface area contributed by atoms with Crippen molar-refractivity contribution in [3.8, 4) is 0 Å². The van der Waals surface area contributed by atoms with Crippen molar-refractivity contribution in [3.05, 3.63) is 35.5 Å². The van der Waals surface area contributed by atoms with Gasteiger partial charge in [-0.15, -0.1) is 0 Å². The molecule has 0 spiro atoms. The van der Waals surface area contributed by atoms with E-state index in [0.717, 1.165) is 18.9 Å². The molecule has 2 aromatic rings. The number of aryl methyl sites for hydroxylation is 1. The number of aromatic amines is 1. The molecular formula is C17H26N4. The van der Waals surface area contributed by atoms with Gasteiger partial charge in [-0.3, -0.25) is 4.99 Å². The molecule has 21 heavy (non-hydrogen) atoms. The third kappa shape index (κ3) is 4.00. The van der Waals surface area contributed by atoms with Gasteiger partial charge in [0.05, 0.1) is 0 Å². The standard InChI is InChI=1S/C17H26N4/c1-12-7-6-8-14-13(11-20-15(12)14)9-10-19-16(18-5)21-17(2,3)4/h6-8,11,20H,9-10H2,1-5H3,(H2,18,19,21). The first-order valence-electron chi connectivity index (χ1n) is 7.45. The van der Waals surface area contributed by atoms with Gasteiger partial charge >= 0.3 is 0 Å². The molecule has 0 aliphatic carbocycles. The quantitative estimate of drug-likeness (QED) is 0.600. The highest BCUT2D eigenvalue weighted by Crippen LogP contribution is 2.21. The highest BCUT2D eigenvalue weighted by Gasteiger charge is 2.11. The van der Waals surface area contributed by atoms with E-state index in [1.165, 1.54) is 22.0 Å². The first-order chi connectivity index (χ1) is 9.90. The van der Waals surface area contributed by atoms with E-state index in [9.17, 15) is 0 Å². The number of aliphatic imine (C=N–C) groups is 1. The fourth-order valence-corrected chi connectivity index (χ4v) is 2.42. The molecule has 3 N–H and O–H groups in total. The van der Waals surface area contributed by atoms with Gasteiger partial charge in [-0.05, 0) is 45.2 Å². The van der Waals surface area contributed by atoms with E-state index in [4.69, 9.17) is 0 Å².